The molecule has 0 bridgehead atoms. The molecule has 1 heterocycles. The van der Waals surface area contributed by atoms with Crippen LogP contribution in [0.2, 0.25) is 10.2 Å². The Morgan fingerprint density at radius 3 is 2.48 bits per heavy atom. The molecule has 0 aliphatic carbocycles. The van der Waals surface area contributed by atoms with Gasteiger partial charge in [0.2, 0.25) is 0 Å². The van der Waals surface area contributed by atoms with Crippen molar-refractivity contribution in [3.05, 3.63) is 90.5 Å². The molecule has 0 aliphatic rings. The Hall–Kier alpha value is -1.93. The van der Waals surface area contributed by atoms with Gasteiger partial charge < -0.3 is 4.74 Å². The molecule has 3 aromatic rings. The maximum Gasteiger partial charge on any atom is 0.274 e. The highest BCUT2D eigenvalue weighted by Crippen LogP contribution is 2.35. The van der Waals surface area contributed by atoms with Crippen molar-refractivity contribution in [2.75, 3.05) is 0 Å². The second kappa shape index (κ2) is 10.2. The first kappa shape index (κ1) is 21.8. The van der Waals surface area contributed by atoms with Crippen LogP contribution in [0.1, 0.15) is 21.5 Å². The van der Waals surface area contributed by atoms with E-state index in [1.54, 1.807) is 12.1 Å². The first-order valence-electron chi connectivity index (χ1n) is 8.24. The van der Waals surface area contributed by atoms with Crippen LogP contribution in [0.15, 0.2) is 68.8 Å². The normalized spacial score (nSPS) is 10.9. The molecule has 0 saturated carbocycles. The van der Waals surface area contributed by atoms with E-state index in [9.17, 15) is 4.79 Å². The molecule has 148 valence electrons. The van der Waals surface area contributed by atoms with Crippen molar-refractivity contribution in [1.29, 1.82) is 0 Å². The van der Waals surface area contributed by atoms with Crippen LogP contribution in [0.25, 0.3) is 0 Å². The zero-order valence-electron chi connectivity index (χ0n) is 14.7. The lowest BCUT2D eigenvalue weighted by molar-refractivity contribution is 0.0955. The van der Waals surface area contributed by atoms with Gasteiger partial charge in [-0.3, -0.25) is 4.79 Å². The molecule has 0 saturated heterocycles. The van der Waals surface area contributed by atoms with Crippen LogP contribution >= 0.6 is 55.1 Å². The monoisotopic (exact) mass is 555 g/mol. The lowest BCUT2D eigenvalue weighted by atomic mass is 10.2. The third-order valence-electron chi connectivity index (χ3n) is 3.70. The molecule has 1 aromatic heterocycles. The highest BCUT2D eigenvalue weighted by Gasteiger charge is 2.11. The fraction of sp³-hybridized carbons (Fsp3) is 0.0500. The maximum absolute atomic E-state index is 12.1. The van der Waals surface area contributed by atoms with E-state index in [-0.39, 0.29) is 10.7 Å². The number of amides is 1. The first-order chi connectivity index (χ1) is 13.9. The third kappa shape index (κ3) is 6.02. The van der Waals surface area contributed by atoms with Crippen LogP contribution in [-0.4, -0.2) is 17.1 Å². The standard InChI is InChI=1S/C20H13Br2Cl2N3O2/c21-16-8-13(10-26-27-20(28)15-2-1-7-25-19(15)24)9-17(22)18(16)29-11-12-3-5-14(23)6-4-12/h1-10H,11H2,(H,27,28). The number of hydrogen-bond donors (Lipinski definition) is 1. The summed E-state index contributed by atoms with van der Waals surface area (Å²) in [5.74, 6) is 0.212. The molecule has 2 aromatic carbocycles. The first-order valence-corrected chi connectivity index (χ1v) is 10.6. The highest BCUT2D eigenvalue weighted by molar-refractivity contribution is 9.11. The van der Waals surface area contributed by atoms with Crippen molar-refractivity contribution in [1.82, 2.24) is 10.4 Å². The Balaban J connectivity index is 1.65. The lowest BCUT2D eigenvalue weighted by Gasteiger charge is -2.11. The largest absolute Gasteiger partial charge is 0.487 e. The predicted molar refractivity (Wildman–Crippen MR) is 122 cm³/mol. The summed E-state index contributed by atoms with van der Waals surface area (Å²) in [7, 11) is 0. The molecule has 0 fully saturated rings. The molecule has 0 aliphatic heterocycles. The Labute approximate surface area is 194 Å². The number of pyridine rings is 1. The zero-order chi connectivity index (χ0) is 20.8. The molecule has 1 amide bonds. The van der Waals surface area contributed by atoms with E-state index in [2.05, 4.69) is 47.4 Å². The summed E-state index contributed by atoms with van der Waals surface area (Å²) in [6.45, 7) is 0.393. The fourth-order valence-electron chi connectivity index (χ4n) is 2.31. The van der Waals surface area contributed by atoms with Crippen molar-refractivity contribution in [2.24, 2.45) is 5.10 Å². The molecular weight excluding hydrogens is 545 g/mol. The number of ether oxygens (including phenoxy) is 1. The molecule has 1 N–H and O–H groups in total. The van der Waals surface area contributed by atoms with Crippen LogP contribution in [0, 0.1) is 0 Å². The number of carbonyl (C=O) groups is 1. The molecular formula is C20H13Br2Cl2N3O2. The van der Waals surface area contributed by atoms with Crippen molar-refractivity contribution in [2.45, 2.75) is 6.61 Å². The molecule has 0 unspecified atom stereocenters. The quantitative estimate of drug-likeness (QED) is 0.221. The van der Waals surface area contributed by atoms with Crippen LogP contribution in [0.3, 0.4) is 0 Å². The Kier molecular flexibility index (Phi) is 7.66. The Morgan fingerprint density at radius 1 is 1.14 bits per heavy atom. The minimum absolute atomic E-state index is 0.118. The summed E-state index contributed by atoms with van der Waals surface area (Å²) >= 11 is 18.8. The van der Waals surface area contributed by atoms with E-state index in [4.69, 9.17) is 27.9 Å². The SMILES string of the molecule is O=C(NN=Cc1cc(Br)c(OCc2ccc(Cl)cc2)c(Br)c1)c1cccnc1Cl. The second-order valence-electron chi connectivity index (χ2n) is 5.77. The summed E-state index contributed by atoms with van der Waals surface area (Å²) in [4.78, 5) is 16.0. The van der Waals surface area contributed by atoms with Crippen LogP contribution in [-0.2, 0) is 6.61 Å². The van der Waals surface area contributed by atoms with Gasteiger partial charge in [0.15, 0.2) is 0 Å². The zero-order valence-corrected chi connectivity index (χ0v) is 19.4. The van der Waals surface area contributed by atoms with Gasteiger partial charge in [0.1, 0.15) is 17.5 Å². The fourth-order valence-corrected chi connectivity index (χ4v) is 4.09. The van der Waals surface area contributed by atoms with E-state index < -0.39 is 5.91 Å². The van der Waals surface area contributed by atoms with Gasteiger partial charge in [-0.05, 0) is 79.4 Å². The van der Waals surface area contributed by atoms with E-state index >= 15 is 0 Å². The number of nitrogens with one attached hydrogen (secondary N) is 1. The summed E-state index contributed by atoms with van der Waals surface area (Å²) in [6.07, 6.45) is 3.02. The van der Waals surface area contributed by atoms with E-state index in [0.717, 1.165) is 20.1 Å². The van der Waals surface area contributed by atoms with Crippen molar-refractivity contribution in [3.63, 3.8) is 0 Å². The third-order valence-corrected chi connectivity index (χ3v) is 5.43. The number of hydrazone groups is 1. The number of nitrogens with zero attached hydrogens (tertiary/aromatic N) is 2. The van der Waals surface area contributed by atoms with Gasteiger partial charge in [0, 0.05) is 11.2 Å². The number of rotatable bonds is 6. The number of aromatic nitrogens is 1. The minimum atomic E-state index is -0.444. The van der Waals surface area contributed by atoms with Crippen LogP contribution in [0.4, 0.5) is 0 Å². The van der Waals surface area contributed by atoms with E-state index in [1.807, 2.05) is 36.4 Å². The van der Waals surface area contributed by atoms with Gasteiger partial charge in [-0.2, -0.15) is 5.10 Å². The van der Waals surface area contributed by atoms with Crippen LogP contribution in [0.5, 0.6) is 5.75 Å². The number of halogens is 4. The summed E-state index contributed by atoms with van der Waals surface area (Å²) in [5.41, 5.74) is 4.42. The van der Waals surface area contributed by atoms with Gasteiger partial charge in [-0.15, -0.1) is 0 Å². The lowest BCUT2D eigenvalue weighted by Crippen LogP contribution is -2.18. The average Bonchev–Trinajstić information content (AvgIpc) is 2.69. The number of carbonyl (C=O) groups excluding carboxylic acids is 1. The van der Waals surface area contributed by atoms with Gasteiger partial charge in [0.05, 0.1) is 20.7 Å². The molecule has 5 nitrogen and oxygen atoms in total. The Bertz CT molecular complexity index is 1040. The number of benzene rings is 2. The summed E-state index contributed by atoms with van der Waals surface area (Å²) < 4.78 is 7.37. The number of hydrogen-bond acceptors (Lipinski definition) is 4. The van der Waals surface area contributed by atoms with E-state index in [0.29, 0.717) is 17.4 Å². The molecule has 0 atom stereocenters. The second-order valence-corrected chi connectivity index (χ2v) is 8.27. The Morgan fingerprint density at radius 2 is 1.83 bits per heavy atom. The van der Waals surface area contributed by atoms with Gasteiger partial charge in [-0.25, -0.2) is 10.4 Å². The maximum atomic E-state index is 12.1. The average molecular weight is 558 g/mol. The van der Waals surface area contributed by atoms with Crippen molar-refractivity contribution in [3.8, 4) is 5.75 Å². The van der Waals surface area contributed by atoms with Gasteiger partial charge in [0.25, 0.3) is 5.91 Å². The summed E-state index contributed by atoms with van der Waals surface area (Å²) in [5, 5.41) is 4.76. The van der Waals surface area contributed by atoms with Gasteiger partial charge >= 0.3 is 0 Å². The molecule has 0 spiro atoms. The van der Waals surface area contributed by atoms with Gasteiger partial charge in [-0.1, -0.05) is 35.3 Å². The molecule has 9 heteroatoms. The molecule has 29 heavy (non-hydrogen) atoms. The smallest absolute Gasteiger partial charge is 0.274 e. The van der Waals surface area contributed by atoms with Crippen LogP contribution < -0.4 is 10.2 Å². The highest BCUT2D eigenvalue weighted by atomic mass is 79.9. The van der Waals surface area contributed by atoms with Crippen molar-refractivity contribution >= 4 is 67.2 Å². The van der Waals surface area contributed by atoms with Crippen molar-refractivity contribution < 1.29 is 9.53 Å². The minimum Gasteiger partial charge on any atom is -0.487 e. The topological polar surface area (TPSA) is 63.6 Å². The molecule has 0 radical (unpaired) electrons. The predicted octanol–water partition coefficient (Wildman–Crippen LogP) is 6.26. The summed E-state index contributed by atoms with van der Waals surface area (Å²) in [6, 6.07) is 14.3. The molecule has 3 rings (SSSR count). The van der Waals surface area contributed by atoms with E-state index in [1.165, 1.54) is 12.4 Å².